The average molecular weight is 444 g/mol. The van der Waals surface area contributed by atoms with E-state index in [9.17, 15) is 18.3 Å². The molecule has 3 unspecified atom stereocenters. The number of likely N-dealkylation sites (tertiary alicyclic amines) is 1. The van der Waals surface area contributed by atoms with Crippen molar-refractivity contribution >= 4 is 21.6 Å². The Balaban J connectivity index is 1.63. The highest BCUT2D eigenvalue weighted by Gasteiger charge is 2.42. The van der Waals surface area contributed by atoms with Gasteiger partial charge in [-0.15, -0.1) is 0 Å². The van der Waals surface area contributed by atoms with Crippen LogP contribution in [0.25, 0.3) is 0 Å². The van der Waals surface area contributed by atoms with Crippen molar-refractivity contribution in [2.45, 2.75) is 31.0 Å². The van der Waals surface area contributed by atoms with Crippen LogP contribution >= 0.6 is 0 Å². The van der Waals surface area contributed by atoms with Gasteiger partial charge < -0.3 is 10.0 Å². The Labute approximate surface area is 183 Å². The normalized spacial score (nSPS) is 22.4. The van der Waals surface area contributed by atoms with Gasteiger partial charge in [-0.25, -0.2) is 8.42 Å². The van der Waals surface area contributed by atoms with Gasteiger partial charge in [-0.2, -0.15) is 0 Å². The van der Waals surface area contributed by atoms with Gasteiger partial charge in [0, 0.05) is 33.1 Å². The van der Waals surface area contributed by atoms with Crippen molar-refractivity contribution in [2.75, 3.05) is 37.2 Å². The van der Waals surface area contributed by atoms with Crippen molar-refractivity contribution in [1.29, 1.82) is 0 Å². The SMILES string of the molecule is CN(C(=O)C1Cc2ccccc2N1S(C)(=O)=O)C(CN1CCC(O)C1)c1ccccc1. The van der Waals surface area contributed by atoms with Crippen LogP contribution < -0.4 is 4.31 Å². The van der Waals surface area contributed by atoms with Crippen LogP contribution in [0.5, 0.6) is 0 Å². The van der Waals surface area contributed by atoms with Crippen molar-refractivity contribution < 1.29 is 18.3 Å². The molecule has 31 heavy (non-hydrogen) atoms. The summed E-state index contributed by atoms with van der Waals surface area (Å²) in [4.78, 5) is 17.5. The number of carbonyl (C=O) groups is 1. The number of nitrogens with zero attached hydrogens (tertiary/aromatic N) is 3. The van der Waals surface area contributed by atoms with Gasteiger partial charge in [0.15, 0.2) is 0 Å². The standard InChI is InChI=1S/C23H29N3O4S/c1-24(22(17-8-4-3-5-9-17)16-25-13-12-19(27)15-25)23(28)21-14-18-10-6-7-11-20(18)26(21)31(2,29)30/h3-11,19,21-22,27H,12-16H2,1-2H3. The molecule has 2 heterocycles. The lowest BCUT2D eigenvalue weighted by Crippen LogP contribution is -2.50. The quantitative estimate of drug-likeness (QED) is 0.734. The number of sulfonamides is 1. The minimum Gasteiger partial charge on any atom is -0.392 e. The highest BCUT2D eigenvalue weighted by molar-refractivity contribution is 7.92. The van der Waals surface area contributed by atoms with Crippen molar-refractivity contribution in [3.05, 3.63) is 65.7 Å². The van der Waals surface area contributed by atoms with Gasteiger partial charge in [0.05, 0.1) is 24.1 Å². The van der Waals surface area contributed by atoms with E-state index in [2.05, 4.69) is 4.90 Å². The van der Waals surface area contributed by atoms with Crippen molar-refractivity contribution in [3.63, 3.8) is 0 Å². The predicted molar refractivity (Wildman–Crippen MR) is 120 cm³/mol. The molecule has 2 aromatic carbocycles. The molecule has 2 aromatic rings. The minimum atomic E-state index is -3.62. The van der Waals surface area contributed by atoms with Gasteiger partial charge in [0.1, 0.15) is 6.04 Å². The number of benzene rings is 2. The van der Waals surface area contributed by atoms with Crippen LogP contribution in [-0.4, -0.2) is 74.3 Å². The Hall–Kier alpha value is -2.42. The number of β-amino-alcohol motifs (C(OH)–C–C–N with tert-alkyl or cyclic N) is 1. The summed E-state index contributed by atoms with van der Waals surface area (Å²) >= 11 is 0. The first-order valence-electron chi connectivity index (χ1n) is 10.5. The first-order chi connectivity index (χ1) is 14.8. The number of fused-ring (bicyclic) bond motifs is 1. The number of hydrogen-bond donors (Lipinski definition) is 1. The van der Waals surface area contributed by atoms with E-state index in [0.717, 1.165) is 30.3 Å². The monoisotopic (exact) mass is 443 g/mol. The molecule has 166 valence electrons. The van der Waals surface area contributed by atoms with Crippen LogP contribution in [0.2, 0.25) is 0 Å². The highest BCUT2D eigenvalue weighted by atomic mass is 32.2. The maximum Gasteiger partial charge on any atom is 0.247 e. The molecule has 4 rings (SSSR count). The predicted octanol–water partition coefficient (Wildman–Crippen LogP) is 1.64. The lowest BCUT2D eigenvalue weighted by atomic mass is 10.0. The van der Waals surface area contributed by atoms with Crippen molar-refractivity contribution in [1.82, 2.24) is 9.80 Å². The average Bonchev–Trinajstić information content (AvgIpc) is 3.34. The molecule has 2 aliphatic heterocycles. The summed E-state index contributed by atoms with van der Waals surface area (Å²) in [7, 11) is -1.88. The molecule has 1 N–H and O–H groups in total. The number of likely N-dealkylation sites (N-methyl/N-ethyl adjacent to an activating group) is 1. The van der Waals surface area contributed by atoms with Gasteiger partial charge in [0.25, 0.3) is 0 Å². The summed E-state index contributed by atoms with van der Waals surface area (Å²) < 4.78 is 26.5. The van der Waals surface area contributed by atoms with Gasteiger partial charge in [-0.1, -0.05) is 48.5 Å². The fourth-order valence-electron chi connectivity index (χ4n) is 4.69. The topological polar surface area (TPSA) is 81.2 Å². The first kappa shape index (κ1) is 21.8. The Morgan fingerprint density at radius 2 is 1.84 bits per heavy atom. The maximum atomic E-state index is 13.7. The number of para-hydroxylation sites is 1. The second kappa shape index (κ2) is 8.61. The molecule has 0 aliphatic carbocycles. The van der Waals surface area contributed by atoms with E-state index >= 15 is 0 Å². The summed E-state index contributed by atoms with van der Waals surface area (Å²) in [5.74, 6) is -0.227. The van der Waals surface area contributed by atoms with Crippen molar-refractivity contribution in [3.8, 4) is 0 Å². The summed E-state index contributed by atoms with van der Waals surface area (Å²) in [5.41, 5.74) is 2.43. The lowest BCUT2D eigenvalue weighted by molar-refractivity contribution is -0.133. The molecule has 0 spiro atoms. The number of rotatable bonds is 6. The smallest absolute Gasteiger partial charge is 0.247 e. The third-order valence-electron chi connectivity index (χ3n) is 6.25. The molecule has 1 saturated heterocycles. The number of carbonyl (C=O) groups excluding carboxylic acids is 1. The molecular formula is C23H29N3O4S. The van der Waals surface area contributed by atoms with E-state index in [1.807, 2.05) is 42.5 Å². The number of aliphatic hydroxyl groups is 1. The van der Waals surface area contributed by atoms with Crippen LogP contribution in [0.4, 0.5) is 5.69 Å². The molecule has 8 heteroatoms. The Morgan fingerprint density at radius 1 is 1.16 bits per heavy atom. The van der Waals surface area contributed by atoms with E-state index < -0.39 is 16.1 Å². The van der Waals surface area contributed by atoms with Gasteiger partial charge in [-0.3, -0.25) is 14.0 Å². The fraction of sp³-hybridized carbons (Fsp3) is 0.435. The van der Waals surface area contributed by atoms with E-state index in [1.54, 1.807) is 24.1 Å². The molecule has 0 saturated carbocycles. The van der Waals surface area contributed by atoms with Crippen LogP contribution in [0.3, 0.4) is 0 Å². The molecule has 2 aliphatic rings. The molecule has 0 bridgehead atoms. The highest BCUT2D eigenvalue weighted by Crippen LogP contribution is 2.36. The number of anilines is 1. The molecule has 0 radical (unpaired) electrons. The molecule has 3 atom stereocenters. The molecule has 1 amide bonds. The second-order valence-electron chi connectivity index (χ2n) is 8.49. The summed E-state index contributed by atoms with van der Waals surface area (Å²) in [6.45, 7) is 1.94. The van der Waals surface area contributed by atoms with Crippen LogP contribution in [-0.2, 0) is 21.2 Å². The van der Waals surface area contributed by atoms with E-state index in [1.165, 1.54) is 4.31 Å². The molecule has 0 aromatic heterocycles. The van der Waals surface area contributed by atoms with Gasteiger partial charge in [-0.05, 0) is 23.6 Å². The van der Waals surface area contributed by atoms with E-state index in [-0.39, 0.29) is 18.1 Å². The fourth-order valence-corrected chi connectivity index (χ4v) is 5.86. The van der Waals surface area contributed by atoms with Crippen LogP contribution in [0.1, 0.15) is 23.6 Å². The maximum absolute atomic E-state index is 13.7. The summed E-state index contributed by atoms with van der Waals surface area (Å²) in [6.07, 6.45) is 1.88. The number of amides is 1. The second-order valence-corrected chi connectivity index (χ2v) is 10.3. The van der Waals surface area contributed by atoms with Gasteiger partial charge >= 0.3 is 0 Å². The Morgan fingerprint density at radius 3 is 2.48 bits per heavy atom. The Bertz CT molecular complexity index is 1040. The third kappa shape index (κ3) is 4.46. The molecule has 1 fully saturated rings. The third-order valence-corrected chi connectivity index (χ3v) is 7.41. The minimum absolute atomic E-state index is 0.227. The number of aliphatic hydroxyl groups excluding tert-OH is 1. The molecular weight excluding hydrogens is 414 g/mol. The lowest BCUT2D eigenvalue weighted by Gasteiger charge is -2.35. The zero-order valence-corrected chi connectivity index (χ0v) is 18.7. The Kier molecular flexibility index (Phi) is 6.05. The van der Waals surface area contributed by atoms with Crippen LogP contribution in [0, 0.1) is 0 Å². The van der Waals surface area contributed by atoms with E-state index in [4.69, 9.17) is 0 Å². The summed E-state index contributed by atoms with van der Waals surface area (Å²) in [6, 6.07) is 16.0. The number of hydrogen-bond acceptors (Lipinski definition) is 5. The van der Waals surface area contributed by atoms with Crippen LogP contribution in [0.15, 0.2) is 54.6 Å². The zero-order valence-electron chi connectivity index (χ0n) is 17.9. The zero-order chi connectivity index (χ0) is 22.2. The molecule has 7 nitrogen and oxygen atoms in total. The van der Waals surface area contributed by atoms with E-state index in [0.29, 0.717) is 25.2 Å². The summed E-state index contributed by atoms with van der Waals surface area (Å²) in [5, 5.41) is 9.93. The van der Waals surface area contributed by atoms with Crippen molar-refractivity contribution in [2.24, 2.45) is 0 Å². The first-order valence-corrected chi connectivity index (χ1v) is 12.4. The largest absolute Gasteiger partial charge is 0.392 e. The van der Waals surface area contributed by atoms with Gasteiger partial charge in [0.2, 0.25) is 15.9 Å².